The first-order valence-electron chi connectivity index (χ1n) is 3.57. The minimum Gasteiger partial charge on any atom is -0.465 e. The zero-order valence-electron chi connectivity index (χ0n) is 6.53. The van der Waals surface area contributed by atoms with Gasteiger partial charge in [0, 0.05) is 0 Å². The molecule has 63 valence electrons. The number of benzene rings is 1. The first-order chi connectivity index (χ1) is 5.70. The average molecular weight is 164 g/mol. The quantitative estimate of drug-likeness (QED) is 0.700. The van der Waals surface area contributed by atoms with Gasteiger partial charge in [-0.25, -0.2) is 4.79 Å². The molecule has 3 nitrogen and oxygen atoms in total. The van der Waals surface area contributed by atoms with Crippen LogP contribution in [0.2, 0.25) is 0 Å². The number of rotatable bonds is 2. The van der Waals surface area contributed by atoms with Crippen molar-refractivity contribution in [2.75, 3.05) is 0 Å². The molecule has 0 fully saturated rings. The molecule has 1 amide bonds. The van der Waals surface area contributed by atoms with Gasteiger partial charge in [-0.1, -0.05) is 30.3 Å². The van der Waals surface area contributed by atoms with Crippen molar-refractivity contribution in [2.45, 2.75) is 6.04 Å². The maximum atomic E-state index is 10.2. The smallest absolute Gasteiger partial charge is 0.405 e. The van der Waals surface area contributed by atoms with E-state index < -0.39 is 12.1 Å². The molecule has 0 saturated heterocycles. The van der Waals surface area contributed by atoms with Gasteiger partial charge in [0.2, 0.25) is 0 Å². The summed E-state index contributed by atoms with van der Waals surface area (Å²) in [7, 11) is 0. The highest BCUT2D eigenvalue weighted by Gasteiger charge is 2.05. The summed E-state index contributed by atoms with van der Waals surface area (Å²) >= 11 is 0. The fourth-order valence-electron chi connectivity index (χ4n) is 0.918. The normalized spacial score (nSPS) is 12.1. The van der Waals surface area contributed by atoms with Crippen LogP contribution in [0.3, 0.4) is 0 Å². The molecule has 2 N–H and O–H groups in total. The second kappa shape index (κ2) is 3.76. The van der Waals surface area contributed by atoms with Crippen molar-refractivity contribution >= 4 is 6.09 Å². The zero-order valence-corrected chi connectivity index (χ0v) is 6.53. The summed E-state index contributed by atoms with van der Waals surface area (Å²) < 4.78 is 0. The Morgan fingerprint density at radius 3 is 2.50 bits per heavy atom. The largest absolute Gasteiger partial charge is 0.465 e. The number of amides is 1. The Labute approximate surface area is 71.0 Å². The predicted octanol–water partition coefficient (Wildman–Crippen LogP) is 1.83. The molecule has 1 aromatic carbocycles. The van der Waals surface area contributed by atoms with Gasteiger partial charge in [-0.3, -0.25) is 0 Å². The van der Waals surface area contributed by atoms with E-state index in [2.05, 4.69) is 12.2 Å². The van der Waals surface area contributed by atoms with Crippen LogP contribution in [0.5, 0.6) is 0 Å². The lowest BCUT2D eigenvalue weighted by molar-refractivity contribution is 0.192. The monoisotopic (exact) mass is 164 g/mol. The first kappa shape index (κ1) is 8.59. The van der Waals surface area contributed by atoms with Crippen LogP contribution in [-0.4, -0.2) is 11.2 Å². The molecule has 3 heteroatoms. The molecule has 0 heterocycles. The van der Waals surface area contributed by atoms with Crippen molar-refractivity contribution in [1.29, 1.82) is 0 Å². The van der Waals surface area contributed by atoms with Crippen LogP contribution in [0, 0.1) is 6.92 Å². The van der Waals surface area contributed by atoms with Gasteiger partial charge in [-0.2, -0.15) is 0 Å². The molecule has 0 aliphatic rings. The van der Waals surface area contributed by atoms with Gasteiger partial charge in [-0.05, 0) is 12.5 Å². The number of carboxylic acid groups (broad SMARTS) is 1. The third-order valence-electron chi connectivity index (χ3n) is 1.50. The first-order valence-corrected chi connectivity index (χ1v) is 3.57. The Morgan fingerprint density at radius 1 is 1.42 bits per heavy atom. The number of nitrogens with one attached hydrogen (secondary N) is 1. The van der Waals surface area contributed by atoms with E-state index in [-0.39, 0.29) is 0 Å². The lowest BCUT2D eigenvalue weighted by Crippen LogP contribution is -2.24. The summed E-state index contributed by atoms with van der Waals surface area (Å²) in [4.78, 5) is 10.2. The molecule has 0 aliphatic heterocycles. The van der Waals surface area contributed by atoms with Gasteiger partial charge < -0.3 is 10.4 Å². The van der Waals surface area contributed by atoms with Gasteiger partial charge in [-0.15, -0.1) is 0 Å². The summed E-state index contributed by atoms with van der Waals surface area (Å²) in [5.41, 5.74) is 0.861. The average Bonchev–Trinajstić information content (AvgIpc) is 2.05. The van der Waals surface area contributed by atoms with Gasteiger partial charge in [0.1, 0.15) is 0 Å². The van der Waals surface area contributed by atoms with Gasteiger partial charge in [0.05, 0.1) is 6.04 Å². The molecule has 0 bridgehead atoms. The Bertz CT molecular complexity index is 258. The van der Waals surface area contributed by atoms with Crippen molar-refractivity contribution in [3.8, 4) is 0 Å². The Kier molecular flexibility index (Phi) is 2.69. The molecule has 12 heavy (non-hydrogen) atoms. The summed E-state index contributed by atoms with van der Waals surface area (Å²) in [5, 5.41) is 10.7. The fourth-order valence-corrected chi connectivity index (χ4v) is 0.918. The molecular weight excluding hydrogens is 154 g/mol. The third kappa shape index (κ3) is 2.27. The lowest BCUT2D eigenvalue weighted by atomic mass is 10.1. The maximum Gasteiger partial charge on any atom is 0.405 e. The molecule has 1 radical (unpaired) electrons. The van der Waals surface area contributed by atoms with Crippen LogP contribution in [-0.2, 0) is 0 Å². The topological polar surface area (TPSA) is 49.3 Å². The molecule has 0 aromatic heterocycles. The second-order valence-electron chi connectivity index (χ2n) is 2.41. The molecule has 1 aromatic rings. The molecule has 0 aliphatic carbocycles. The Balaban J connectivity index is 2.65. The standard InChI is InChI=1S/C9H10NO2/c1-7(10-9(11)12)8-5-3-2-4-6-8/h2-7,10H,1H2,(H,11,12). The number of hydrogen-bond acceptors (Lipinski definition) is 1. The fraction of sp³-hybridized carbons (Fsp3) is 0.111. The number of carbonyl (C=O) groups is 1. The van der Waals surface area contributed by atoms with E-state index in [4.69, 9.17) is 5.11 Å². The van der Waals surface area contributed by atoms with Gasteiger partial charge in [0.25, 0.3) is 0 Å². The minimum absolute atomic E-state index is 0.399. The maximum absolute atomic E-state index is 10.2. The van der Waals surface area contributed by atoms with Crippen molar-refractivity contribution in [3.05, 3.63) is 42.8 Å². The van der Waals surface area contributed by atoms with E-state index in [9.17, 15) is 4.79 Å². The third-order valence-corrected chi connectivity index (χ3v) is 1.50. The summed E-state index contributed by atoms with van der Waals surface area (Å²) in [6.07, 6.45) is -1.06. The summed E-state index contributed by atoms with van der Waals surface area (Å²) in [6, 6.07) is 8.82. The van der Waals surface area contributed by atoms with Crippen molar-refractivity contribution in [2.24, 2.45) is 0 Å². The molecule has 0 saturated carbocycles. The Morgan fingerprint density at radius 2 is 2.00 bits per heavy atom. The zero-order chi connectivity index (χ0) is 8.97. The van der Waals surface area contributed by atoms with E-state index in [0.717, 1.165) is 5.56 Å². The van der Waals surface area contributed by atoms with Crippen molar-refractivity contribution in [1.82, 2.24) is 5.32 Å². The van der Waals surface area contributed by atoms with Gasteiger partial charge >= 0.3 is 6.09 Å². The molecular formula is C9H10NO2. The number of hydrogen-bond donors (Lipinski definition) is 2. The van der Waals surface area contributed by atoms with Crippen LogP contribution in [0.15, 0.2) is 30.3 Å². The molecule has 1 unspecified atom stereocenters. The van der Waals surface area contributed by atoms with Crippen LogP contribution in [0.1, 0.15) is 11.6 Å². The van der Waals surface area contributed by atoms with Crippen LogP contribution in [0.25, 0.3) is 0 Å². The predicted molar refractivity (Wildman–Crippen MR) is 45.7 cm³/mol. The minimum atomic E-state index is -1.06. The molecule has 0 spiro atoms. The molecule has 1 atom stereocenters. The lowest BCUT2D eigenvalue weighted by Gasteiger charge is -2.10. The van der Waals surface area contributed by atoms with Crippen LogP contribution < -0.4 is 5.32 Å². The highest BCUT2D eigenvalue weighted by molar-refractivity contribution is 5.65. The highest BCUT2D eigenvalue weighted by atomic mass is 16.4. The van der Waals surface area contributed by atoms with Gasteiger partial charge in [0.15, 0.2) is 0 Å². The van der Waals surface area contributed by atoms with E-state index in [0.29, 0.717) is 0 Å². The van der Waals surface area contributed by atoms with Crippen LogP contribution in [0.4, 0.5) is 4.79 Å². The van der Waals surface area contributed by atoms with Crippen molar-refractivity contribution in [3.63, 3.8) is 0 Å². The summed E-state index contributed by atoms with van der Waals surface area (Å²) in [5.74, 6) is 0. The van der Waals surface area contributed by atoms with Crippen LogP contribution >= 0.6 is 0 Å². The van der Waals surface area contributed by atoms with E-state index in [1.165, 1.54) is 0 Å². The second-order valence-corrected chi connectivity index (χ2v) is 2.41. The SMILES string of the molecule is [CH2]C(NC(=O)O)c1ccccc1. The van der Waals surface area contributed by atoms with Crippen molar-refractivity contribution < 1.29 is 9.90 Å². The molecule has 1 rings (SSSR count). The van der Waals surface area contributed by atoms with E-state index >= 15 is 0 Å². The summed E-state index contributed by atoms with van der Waals surface area (Å²) in [6.45, 7) is 3.66. The highest BCUT2D eigenvalue weighted by Crippen LogP contribution is 2.09. The van der Waals surface area contributed by atoms with E-state index in [1.54, 1.807) is 0 Å². The van der Waals surface area contributed by atoms with E-state index in [1.807, 2.05) is 30.3 Å². The Hall–Kier alpha value is -1.51.